The van der Waals surface area contributed by atoms with Crippen LogP contribution in [-0.4, -0.2) is 22.1 Å². The number of anilines is 1. The molecule has 2 aromatic rings. The van der Waals surface area contributed by atoms with E-state index in [0.717, 1.165) is 36.4 Å². The average Bonchev–Trinajstić information content (AvgIpc) is 3.30. The highest BCUT2D eigenvalue weighted by atomic mass is 35.5. The average molecular weight is 381 g/mol. The number of sulfonamides is 1. The van der Waals surface area contributed by atoms with E-state index in [9.17, 15) is 8.42 Å². The van der Waals surface area contributed by atoms with Crippen molar-refractivity contribution in [2.24, 2.45) is 17.0 Å². The van der Waals surface area contributed by atoms with Gasteiger partial charge in [-0.3, -0.25) is 0 Å². The fraction of sp³-hybridized carbons (Fsp3) is 0.333. The van der Waals surface area contributed by atoms with Crippen LogP contribution in [0.15, 0.2) is 47.4 Å². The molecule has 2 atom stereocenters. The third-order valence-corrected chi connectivity index (χ3v) is 5.70. The van der Waals surface area contributed by atoms with Gasteiger partial charge in [-0.15, -0.1) is 0 Å². The Morgan fingerprint density at radius 1 is 1.20 bits per heavy atom. The fourth-order valence-corrected chi connectivity index (χ4v) is 3.68. The van der Waals surface area contributed by atoms with Crippen LogP contribution in [0.5, 0.6) is 5.75 Å². The molecule has 1 fully saturated rings. The highest BCUT2D eigenvalue weighted by Gasteiger charge is 2.36. The summed E-state index contributed by atoms with van der Waals surface area (Å²) < 4.78 is 27.9. The van der Waals surface area contributed by atoms with E-state index >= 15 is 0 Å². The van der Waals surface area contributed by atoms with Gasteiger partial charge in [0.1, 0.15) is 5.75 Å². The highest BCUT2D eigenvalue weighted by molar-refractivity contribution is 7.89. The number of methoxy groups -OCH3 is 1. The minimum absolute atomic E-state index is 0.151. The van der Waals surface area contributed by atoms with E-state index in [0.29, 0.717) is 16.9 Å². The number of hydrogen-bond acceptors (Lipinski definition) is 4. The minimum atomic E-state index is -3.63. The Morgan fingerprint density at radius 3 is 2.56 bits per heavy atom. The number of rotatable bonds is 7. The zero-order valence-corrected chi connectivity index (χ0v) is 15.5. The van der Waals surface area contributed by atoms with Gasteiger partial charge in [-0.05, 0) is 60.6 Å². The summed E-state index contributed by atoms with van der Waals surface area (Å²) in [6, 6.07) is 12.3. The van der Waals surface area contributed by atoms with Crippen molar-refractivity contribution in [3.05, 3.63) is 53.1 Å². The molecule has 7 heteroatoms. The molecule has 1 aliphatic carbocycles. The molecule has 0 radical (unpaired) electrons. The van der Waals surface area contributed by atoms with Gasteiger partial charge in [0.15, 0.2) is 0 Å². The van der Waals surface area contributed by atoms with Crippen molar-refractivity contribution in [2.75, 3.05) is 19.0 Å². The molecule has 1 saturated carbocycles. The fourth-order valence-electron chi connectivity index (χ4n) is 2.99. The van der Waals surface area contributed by atoms with Crippen molar-refractivity contribution < 1.29 is 13.2 Å². The molecule has 0 spiro atoms. The summed E-state index contributed by atoms with van der Waals surface area (Å²) in [4.78, 5) is 0.151. The molecule has 3 N–H and O–H groups in total. The molecule has 3 rings (SSSR count). The lowest BCUT2D eigenvalue weighted by Gasteiger charge is -2.11. The predicted octanol–water partition coefficient (Wildman–Crippen LogP) is 3.29. The van der Waals surface area contributed by atoms with Crippen molar-refractivity contribution in [3.63, 3.8) is 0 Å². The van der Waals surface area contributed by atoms with Gasteiger partial charge in [-0.2, -0.15) is 0 Å². The number of ether oxygens (including phenoxy) is 1. The van der Waals surface area contributed by atoms with E-state index in [1.165, 1.54) is 0 Å². The largest absolute Gasteiger partial charge is 0.495 e. The lowest BCUT2D eigenvalue weighted by molar-refractivity contribution is 0.416. The van der Waals surface area contributed by atoms with Crippen LogP contribution in [0.3, 0.4) is 0 Å². The first-order valence-corrected chi connectivity index (χ1v) is 9.98. The lowest BCUT2D eigenvalue weighted by Crippen LogP contribution is -2.12. The molecule has 0 bridgehead atoms. The van der Waals surface area contributed by atoms with E-state index in [-0.39, 0.29) is 4.90 Å². The van der Waals surface area contributed by atoms with Gasteiger partial charge in [-0.1, -0.05) is 23.7 Å². The molecular weight excluding hydrogens is 360 g/mol. The summed E-state index contributed by atoms with van der Waals surface area (Å²) in [5, 5.41) is 9.19. The minimum Gasteiger partial charge on any atom is -0.495 e. The number of nitrogens with one attached hydrogen (secondary N) is 1. The summed E-state index contributed by atoms with van der Waals surface area (Å²) >= 11 is 6.04. The molecular formula is C18H21ClN2O3S. The second-order valence-electron chi connectivity index (χ2n) is 6.37. The van der Waals surface area contributed by atoms with Crippen LogP contribution in [0.4, 0.5) is 5.69 Å². The van der Waals surface area contributed by atoms with Gasteiger partial charge in [0.25, 0.3) is 0 Å². The van der Waals surface area contributed by atoms with Crippen molar-refractivity contribution in [2.45, 2.75) is 17.7 Å². The van der Waals surface area contributed by atoms with Crippen LogP contribution in [0, 0.1) is 11.8 Å². The van der Waals surface area contributed by atoms with Crippen molar-refractivity contribution in [1.82, 2.24) is 0 Å². The van der Waals surface area contributed by atoms with Crippen LogP contribution < -0.4 is 15.2 Å². The van der Waals surface area contributed by atoms with Gasteiger partial charge in [0, 0.05) is 11.6 Å². The molecule has 0 aliphatic heterocycles. The normalized spacial score (nSPS) is 19.5. The quantitative estimate of drug-likeness (QED) is 0.772. The molecule has 2 aromatic carbocycles. The Hall–Kier alpha value is -1.76. The number of hydrogen-bond donors (Lipinski definition) is 2. The standard InChI is InChI=1S/C18H21ClN2O3S/c1-24-18-7-4-15(19)10-17(18)21-11-14-9-13(14)8-12-2-5-16(6-3-12)25(20,22)23/h2-7,10,13-14,21H,8-9,11H2,1H3,(H2,20,22,23). The molecule has 25 heavy (non-hydrogen) atoms. The van der Waals surface area contributed by atoms with Gasteiger partial charge < -0.3 is 10.1 Å². The maximum Gasteiger partial charge on any atom is 0.238 e. The first kappa shape index (κ1) is 18.0. The summed E-state index contributed by atoms with van der Waals surface area (Å²) in [5.74, 6) is 1.96. The molecule has 0 amide bonds. The summed E-state index contributed by atoms with van der Waals surface area (Å²) in [7, 11) is -1.99. The Kier molecular flexibility index (Phi) is 5.22. The second-order valence-corrected chi connectivity index (χ2v) is 8.37. The van der Waals surface area contributed by atoms with Crippen LogP contribution in [0.2, 0.25) is 5.02 Å². The highest BCUT2D eigenvalue weighted by Crippen LogP contribution is 2.41. The van der Waals surface area contributed by atoms with Crippen molar-refractivity contribution in [1.29, 1.82) is 0 Å². The number of primary sulfonamides is 1. The second kappa shape index (κ2) is 7.23. The molecule has 0 aromatic heterocycles. The summed E-state index contributed by atoms with van der Waals surface area (Å²) in [6.07, 6.45) is 2.08. The van der Waals surface area contributed by atoms with Gasteiger partial charge in [-0.25, -0.2) is 13.6 Å². The SMILES string of the molecule is COc1ccc(Cl)cc1NCC1CC1Cc1ccc(S(N)(=O)=O)cc1. The molecule has 134 valence electrons. The monoisotopic (exact) mass is 380 g/mol. The lowest BCUT2D eigenvalue weighted by atomic mass is 10.1. The van der Waals surface area contributed by atoms with Crippen LogP contribution in [-0.2, 0) is 16.4 Å². The number of benzene rings is 2. The molecule has 5 nitrogen and oxygen atoms in total. The topological polar surface area (TPSA) is 81.4 Å². The number of nitrogens with two attached hydrogens (primary N) is 1. The third-order valence-electron chi connectivity index (χ3n) is 4.54. The number of halogens is 1. The summed E-state index contributed by atoms with van der Waals surface area (Å²) in [5.41, 5.74) is 2.03. The van der Waals surface area contributed by atoms with E-state index in [4.69, 9.17) is 21.5 Å². The molecule has 0 saturated heterocycles. The Bertz CT molecular complexity index is 853. The van der Waals surface area contributed by atoms with Crippen molar-refractivity contribution >= 4 is 27.3 Å². The van der Waals surface area contributed by atoms with Crippen LogP contribution in [0.25, 0.3) is 0 Å². The maximum absolute atomic E-state index is 11.3. The van der Waals surface area contributed by atoms with E-state index < -0.39 is 10.0 Å². The molecule has 1 aliphatic rings. The predicted molar refractivity (Wildman–Crippen MR) is 99.6 cm³/mol. The Morgan fingerprint density at radius 2 is 1.92 bits per heavy atom. The maximum atomic E-state index is 11.3. The van der Waals surface area contributed by atoms with Gasteiger partial charge in [0.2, 0.25) is 10.0 Å². The van der Waals surface area contributed by atoms with E-state index in [2.05, 4.69) is 5.32 Å². The van der Waals surface area contributed by atoms with Gasteiger partial charge in [0.05, 0.1) is 17.7 Å². The Balaban J connectivity index is 1.53. The van der Waals surface area contributed by atoms with Crippen molar-refractivity contribution in [3.8, 4) is 5.75 Å². The zero-order chi connectivity index (χ0) is 18.0. The smallest absolute Gasteiger partial charge is 0.238 e. The van der Waals surface area contributed by atoms with Gasteiger partial charge >= 0.3 is 0 Å². The Labute approximate surface area is 153 Å². The molecule has 0 heterocycles. The van der Waals surface area contributed by atoms with Crippen LogP contribution in [0.1, 0.15) is 12.0 Å². The van der Waals surface area contributed by atoms with E-state index in [1.807, 2.05) is 24.3 Å². The van der Waals surface area contributed by atoms with E-state index in [1.54, 1.807) is 25.3 Å². The third kappa shape index (κ3) is 4.66. The summed E-state index contributed by atoms with van der Waals surface area (Å²) in [6.45, 7) is 0.858. The first-order valence-electron chi connectivity index (χ1n) is 8.06. The molecule has 2 unspecified atom stereocenters. The zero-order valence-electron chi connectivity index (χ0n) is 13.9. The first-order chi connectivity index (χ1) is 11.9. The van der Waals surface area contributed by atoms with Crippen LogP contribution >= 0.6 is 11.6 Å².